The molecular formula is C32H48N6O3S3. The molecule has 0 spiro atoms. The lowest BCUT2D eigenvalue weighted by Gasteiger charge is -2.21. The number of anilines is 1. The molecule has 2 aromatic heterocycles. The zero-order valence-electron chi connectivity index (χ0n) is 26.9. The second kappa shape index (κ2) is 19.6. The smallest absolute Gasteiger partial charge is 0.404 e. The number of aromatic nitrogens is 2. The molecular weight excluding hydrogens is 613 g/mol. The van der Waals surface area contributed by atoms with Crippen molar-refractivity contribution in [1.29, 1.82) is 0 Å². The van der Waals surface area contributed by atoms with Crippen molar-refractivity contribution in [2.75, 3.05) is 17.8 Å². The van der Waals surface area contributed by atoms with Gasteiger partial charge in [0, 0.05) is 40.0 Å². The Bertz CT molecular complexity index is 1280. The summed E-state index contributed by atoms with van der Waals surface area (Å²) in [7, 11) is 0. The van der Waals surface area contributed by atoms with Gasteiger partial charge in [-0.1, -0.05) is 31.4 Å². The number of nitrogens with zero attached hydrogens (tertiary/aromatic N) is 2. The summed E-state index contributed by atoms with van der Waals surface area (Å²) in [5, 5.41) is 7.08. The molecule has 5 N–H and O–H groups in total. The number of carbonyl (C=O) groups excluding carboxylic acids is 2. The maximum absolute atomic E-state index is 12.5. The van der Waals surface area contributed by atoms with Crippen molar-refractivity contribution in [3.05, 3.63) is 59.5 Å². The Kier molecular flexibility index (Phi) is 16.6. The van der Waals surface area contributed by atoms with E-state index >= 15 is 0 Å². The monoisotopic (exact) mass is 660 g/mol. The molecule has 0 aliphatic heterocycles. The molecule has 0 radical (unpaired) electrons. The van der Waals surface area contributed by atoms with Gasteiger partial charge in [0.1, 0.15) is 0 Å². The van der Waals surface area contributed by atoms with Gasteiger partial charge >= 0.3 is 12.1 Å². The number of thiazole rings is 1. The van der Waals surface area contributed by atoms with Gasteiger partial charge in [0.05, 0.1) is 28.2 Å². The Morgan fingerprint density at radius 2 is 1.80 bits per heavy atom. The number of benzene rings is 1. The average Bonchev–Trinajstić information content (AvgIpc) is 3.46. The average molecular weight is 661 g/mol. The van der Waals surface area contributed by atoms with E-state index in [0.717, 1.165) is 21.8 Å². The number of primary amides is 1. The van der Waals surface area contributed by atoms with Crippen LogP contribution in [0.1, 0.15) is 83.3 Å². The van der Waals surface area contributed by atoms with E-state index < -0.39 is 6.09 Å². The number of hydrogen-bond acceptors (Lipinski definition) is 9. The predicted octanol–water partition coefficient (Wildman–Crippen LogP) is 8.44. The molecule has 12 heteroatoms. The van der Waals surface area contributed by atoms with Crippen molar-refractivity contribution in [2.24, 2.45) is 5.73 Å². The van der Waals surface area contributed by atoms with Crippen LogP contribution in [-0.2, 0) is 11.3 Å². The van der Waals surface area contributed by atoms with Crippen LogP contribution in [0, 0.1) is 0 Å². The van der Waals surface area contributed by atoms with E-state index in [-0.39, 0.29) is 17.7 Å². The normalized spacial score (nSPS) is 13.2. The van der Waals surface area contributed by atoms with Crippen LogP contribution in [0.4, 0.5) is 15.3 Å². The number of hydrogen-bond donors (Lipinski definition) is 4. The molecule has 2 heterocycles. The van der Waals surface area contributed by atoms with Crippen LogP contribution in [0.3, 0.4) is 0 Å². The SMILES string of the molecule is CC(C)(C)NSc1cc(NC(=O)NCc2ccccn2)ccc1-c1cnc(C2CCCCC2)s1.CC(C)OC(N)=O.CSC. The topological polar surface area (TPSA) is 131 Å². The molecule has 1 aromatic carbocycles. The number of thioether (sulfide) groups is 1. The maximum atomic E-state index is 12.5. The zero-order chi connectivity index (χ0) is 32.5. The van der Waals surface area contributed by atoms with Crippen LogP contribution in [0.25, 0.3) is 10.4 Å². The summed E-state index contributed by atoms with van der Waals surface area (Å²) >= 11 is 5.15. The molecule has 0 saturated heterocycles. The van der Waals surface area contributed by atoms with Crippen LogP contribution in [0.5, 0.6) is 0 Å². The molecule has 3 amide bonds. The van der Waals surface area contributed by atoms with Gasteiger partial charge in [-0.3, -0.25) is 9.71 Å². The molecule has 1 aliphatic rings. The van der Waals surface area contributed by atoms with Crippen LogP contribution >= 0.6 is 35.0 Å². The molecule has 1 aliphatic carbocycles. The van der Waals surface area contributed by atoms with Gasteiger partial charge in [-0.15, -0.1) is 11.3 Å². The van der Waals surface area contributed by atoms with Crippen LogP contribution in [0.15, 0.2) is 53.7 Å². The Morgan fingerprint density at radius 1 is 1.09 bits per heavy atom. The summed E-state index contributed by atoms with van der Waals surface area (Å²) in [5.41, 5.74) is 7.29. The number of carbonyl (C=O) groups is 2. The Morgan fingerprint density at radius 3 is 2.36 bits per heavy atom. The molecule has 4 rings (SSSR count). The number of ether oxygens (including phenoxy) is 1. The number of nitrogens with one attached hydrogen (secondary N) is 3. The molecule has 0 unspecified atom stereocenters. The standard InChI is InChI=1S/C26H33N5OS2.C4H9NO2.C2H6S/c1-26(2,3)31-34-22-15-19(30-25(32)29-16-20-11-7-8-14-27-20)12-13-21(22)23-17-28-24(33-23)18-9-5-4-6-10-18;1-3(2)7-4(5)6;1-3-2/h7-8,11-15,17-18,31H,4-6,9-10,16H2,1-3H3,(H2,29,30,32);3H,1-2H3,(H2,5,6);1-2H3. The Hall–Kier alpha value is -2.80. The fourth-order valence-corrected chi connectivity index (χ4v) is 6.21. The van der Waals surface area contributed by atoms with E-state index in [9.17, 15) is 9.59 Å². The van der Waals surface area contributed by atoms with E-state index in [2.05, 4.69) is 57.6 Å². The minimum atomic E-state index is -0.713. The first-order chi connectivity index (χ1) is 20.9. The molecule has 1 fully saturated rings. The molecule has 0 atom stereocenters. The highest BCUT2D eigenvalue weighted by Gasteiger charge is 2.21. The van der Waals surface area contributed by atoms with Crippen molar-refractivity contribution in [2.45, 2.75) is 95.7 Å². The van der Waals surface area contributed by atoms with Gasteiger partial charge in [0.25, 0.3) is 0 Å². The third-order valence-electron chi connectivity index (χ3n) is 5.96. The minimum Gasteiger partial charge on any atom is -0.447 e. The Labute approximate surface area is 275 Å². The van der Waals surface area contributed by atoms with E-state index in [1.807, 2.05) is 49.0 Å². The van der Waals surface area contributed by atoms with Gasteiger partial charge in [0.15, 0.2) is 0 Å². The molecule has 242 valence electrons. The lowest BCUT2D eigenvalue weighted by atomic mass is 9.90. The van der Waals surface area contributed by atoms with Gasteiger partial charge in [-0.05, 0) is 96.2 Å². The highest BCUT2D eigenvalue weighted by molar-refractivity contribution is 7.98. The first kappa shape index (κ1) is 37.4. The first-order valence-electron chi connectivity index (χ1n) is 14.8. The van der Waals surface area contributed by atoms with Crippen molar-refractivity contribution in [3.63, 3.8) is 0 Å². The van der Waals surface area contributed by atoms with E-state index in [4.69, 9.17) is 4.98 Å². The van der Waals surface area contributed by atoms with E-state index in [1.165, 1.54) is 42.0 Å². The molecule has 44 heavy (non-hydrogen) atoms. The van der Waals surface area contributed by atoms with E-state index in [1.54, 1.807) is 55.1 Å². The number of rotatable bonds is 8. The number of pyridine rings is 1. The van der Waals surface area contributed by atoms with Crippen molar-refractivity contribution in [1.82, 2.24) is 20.0 Å². The van der Waals surface area contributed by atoms with Crippen molar-refractivity contribution < 1.29 is 14.3 Å². The maximum Gasteiger partial charge on any atom is 0.404 e. The largest absolute Gasteiger partial charge is 0.447 e. The minimum absolute atomic E-state index is 0.0492. The molecule has 0 bridgehead atoms. The zero-order valence-corrected chi connectivity index (χ0v) is 29.4. The fraction of sp³-hybridized carbons (Fsp3) is 0.500. The third-order valence-corrected chi connectivity index (χ3v) is 8.42. The summed E-state index contributed by atoms with van der Waals surface area (Å²) in [6, 6.07) is 11.5. The number of urea groups is 1. The summed E-state index contributed by atoms with van der Waals surface area (Å²) < 4.78 is 7.90. The second-order valence-corrected chi connectivity index (χ2v) is 14.3. The van der Waals surface area contributed by atoms with Crippen molar-refractivity contribution in [3.8, 4) is 10.4 Å². The van der Waals surface area contributed by atoms with Gasteiger partial charge < -0.3 is 21.1 Å². The quantitative estimate of drug-likeness (QED) is 0.177. The molecule has 9 nitrogen and oxygen atoms in total. The lowest BCUT2D eigenvalue weighted by molar-refractivity contribution is 0.125. The second-order valence-electron chi connectivity index (χ2n) is 11.6. The summed E-state index contributed by atoms with van der Waals surface area (Å²) in [4.78, 5) is 33.5. The Balaban J connectivity index is 0.000000587. The molecule has 1 saturated carbocycles. The van der Waals surface area contributed by atoms with Crippen LogP contribution < -0.4 is 21.1 Å². The summed E-state index contributed by atoms with van der Waals surface area (Å²) in [5.74, 6) is 0.597. The lowest BCUT2D eigenvalue weighted by Crippen LogP contribution is -2.30. The molecule has 3 aromatic rings. The van der Waals surface area contributed by atoms with Crippen LogP contribution in [-0.4, -0.2) is 46.2 Å². The van der Waals surface area contributed by atoms with Gasteiger partial charge in [-0.25, -0.2) is 14.6 Å². The van der Waals surface area contributed by atoms with Crippen molar-refractivity contribution >= 4 is 52.9 Å². The highest BCUT2D eigenvalue weighted by Crippen LogP contribution is 2.40. The third kappa shape index (κ3) is 14.8. The van der Waals surface area contributed by atoms with Crippen LogP contribution in [0.2, 0.25) is 0 Å². The van der Waals surface area contributed by atoms with Gasteiger partial charge in [0.2, 0.25) is 0 Å². The fourth-order valence-electron chi connectivity index (χ4n) is 4.13. The summed E-state index contributed by atoms with van der Waals surface area (Å²) in [6.07, 6.45) is 13.5. The van der Waals surface area contributed by atoms with E-state index in [0.29, 0.717) is 12.5 Å². The van der Waals surface area contributed by atoms with Gasteiger partial charge in [-0.2, -0.15) is 11.8 Å². The highest BCUT2D eigenvalue weighted by atomic mass is 32.2. The number of amides is 3. The number of nitrogens with two attached hydrogens (primary N) is 1. The predicted molar refractivity (Wildman–Crippen MR) is 187 cm³/mol. The summed E-state index contributed by atoms with van der Waals surface area (Å²) in [6.45, 7) is 10.3. The first-order valence-corrected chi connectivity index (χ1v) is 18.0.